The van der Waals surface area contributed by atoms with Crippen LogP contribution in [0, 0.1) is 11.8 Å². The lowest BCUT2D eigenvalue weighted by atomic mass is 10.1. The van der Waals surface area contributed by atoms with Crippen LogP contribution in [0.1, 0.15) is 37.8 Å². The van der Waals surface area contributed by atoms with Gasteiger partial charge in [0.05, 0.1) is 5.75 Å². The molecule has 1 aliphatic carbocycles. The van der Waals surface area contributed by atoms with Crippen molar-refractivity contribution >= 4 is 10.0 Å². The molecule has 0 spiro atoms. The lowest BCUT2D eigenvalue weighted by Crippen LogP contribution is -2.27. The second-order valence-electron chi connectivity index (χ2n) is 6.08. The summed E-state index contributed by atoms with van der Waals surface area (Å²) >= 11 is 0. The van der Waals surface area contributed by atoms with Gasteiger partial charge in [-0.05, 0) is 42.3 Å². The van der Waals surface area contributed by atoms with Crippen molar-refractivity contribution in [3.05, 3.63) is 35.4 Å². The van der Waals surface area contributed by atoms with Crippen LogP contribution in [0.15, 0.2) is 24.3 Å². The van der Waals surface area contributed by atoms with Gasteiger partial charge in [-0.25, -0.2) is 13.1 Å². The minimum Gasteiger partial charge on any atom is -0.313 e. The number of sulfonamides is 1. The smallest absolute Gasteiger partial charge is 0.215 e. The van der Waals surface area contributed by atoms with Crippen molar-refractivity contribution in [2.75, 3.05) is 13.1 Å². The quantitative estimate of drug-likeness (QED) is 0.688. The molecule has 2 N–H and O–H groups in total. The van der Waals surface area contributed by atoms with Gasteiger partial charge in [0, 0.05) is 13.1 Å². The fourth-order valence-corrected chi connectivity index (χ4v) is 3.62. The van der Waals surface area contributed by atoms with Crippen molar-refractivity contribution in [1.82, 2.24) is 10.0 Å². The fourth-order valence-electron chi connectivity index (χ4n) is 2.43. The van der Waals surface area contributed by atoms with Gasteiger partial charge < -0.3 is 5.32 Å². The molecule has 0 amide bonds. The molecule has 1 aromatic rings. The zero-order valence-electron chi connectivity index (χ0n) is 12.9. The highest BCUT2D eigenvalue weighted by Crippen LogP contribution is 2.36. The predicted octanol–water partition coefficient (Wildman–Crippen LogP) is 2.26. The normalized spacial score (nSPS) is 21.4. The van der Waals surface area contributed by atoms with Crippen LogP contribution in [-0.2, 0) is 22.3 Å². The highest BCUT2D eigenvalue weighted by atomic mass is 32.2. The second kappa shape index (κ2) is 7.38. The zero-order chi connectivity index (χ0) is 15.3. The van der Waals surface area contributed by atoms with E-state index < -0.39 is 10.0 Å². The lowest BCUT2D eigenvalue weighted by Gasteiger charge is -2.08. The number of hydrogen-bond acceptors (Lipinski definition) is 3. The molecular formula is C16H26N2O2S. The van der Waals surface area contributed by atoms with Gasteiger partial charge in [-0.15, -0.1) is 0 Å². The summed E-state index contributed by atoms with van der Waals surface area (Å²) in [5.74, 6) is 1.26. The Morgan fingerprint density at radius 2 is 2.00 bits per heavy atom. The summed E-state index contributed by atoms with van der Waals surface area (Å²) in [5.41, 5.74) is 1.98. The summed E-state index contributed by atoms with van der Waals surface area (Å²) < 4.78 is 26.9. The third-order valence-electron chi connectivity index (χ3n) is 3.95. The first kappa shape index (κ1) is 16.5. The van der Waals surface area contributed by atoms with E-state index in [1.54, 1.807) is 0 Å². The SMILES string of the molecule is CCCNCc1cccc(CS(=O)(=O)NCC2CC2C)c1. The Kier molecular flexibility index (Phi) is 5.79. The van der Waals surface area contributed by atoms with Crippen LogP contribution in [0.3, 0.4) is 0 Å². The molecule has 0 aliphatic heterocycles. The highest BCUT2D eigenvalue weighted by molar-refractivity contribution is 7.88. The largest absolute Gasteiger partial charge is 0.313 e. The Labute approximate surface area is 128 Å². The van der Waals surface area contributed by atoms with Crippen LogP contribution in [0.4, 0.5) is 0 Å². The Bertz CT molecular complexity index is 557. The number of nitrogens with one attached hydrogen (secondary N) is 2. The Hall–Kier alpha value is -0.910. The molecule has 0 radical (unpaired) electrons. The van der Waals surface area contributed by atoms with Crippen LogP contribution < -0.4 is 10.0 Å². The van der Waals surface area contributed by atoms with E-state index in [0.29, 0.717) is 18.4 Å². The van der Waals surface area contributed by atoms with E-state index in [0.717, 1.165) is 37.1 Å². The molecule has 1 aliphatic rings. The van der Waals surface area contributed by atoms with E-state index in [2.05, 4.69) is 23.9 Å². The zero-order valence-corrected chi connectivity index (χ0v) is 13.7. The maximum absolute atomic E-state index is 12.1. The summed E-state index contributed by atoms with van der Waals surface area (Å²) in [6.45, 7) is 6.63. The van der Waals surface area contributed by atoms with Crippen molar-refractivity contribution in [2.24, 2.45) is 11.8 Å². The fraction of sp³-hybridized carbons (Fsp3) is 0.625. The molecule has 118 valence electrons. The molecule has 1 saturated carbocycles. The molecule has 21 heavy (non-hydrogen) atoms. The standard InChI is InChI=1S/C16H26N2O2S/c1-3-7-17-10-14-5-4-6-15(9-14)12-21(19,20)18-11-16-8-13(16)2/h4-6,9,13,16-18H,3,7-8,10-12H2,1-2H3. The van der Waals surface area contributed by atoms with Crippen LogP contribution in [-0.4, -0.2) is 21.5 Å². The Balaban J connectivity index is 1.87. The highest BCUT2D eigenvalue weighted by Gasteiger charge is 2.33. The monoisotopic (exact) mass is 310 g/mol. The van der Waals surface area contributed by atoms with Gasteiger partial charge >= 0.3 is 0 Å². The van der Waals surface area contributed by atoms with Crippen molar-refractivity contribution in [2.45, 2.75) is 39.0 Å². The van der Waals surface area contributed by atoms with Crippen molar-refractivity contribution in [3.63, 3.8) is 0 Å². The van der Waals surface area contributed by atoms with E-state index in [4.69, 9.17) is 0 Å². The first-order valence-corrected chi connectivity index (χ1v) is 9.41. The van der Waals surface area contributed by atoms with Crippen LogP contribution in [0.5, 0.6) is 0 Å². The molecule has 0 heterocycles. The predicted molar refractivity (Wildman–Crippen MR) is 86.3 cm³/mol. The summed E-state index contributed by atoms with van der Waals surface area (Å²) in [6.07, 6.45) is 2.23. The molecular weight excluding hydrogens is 284 g/mol. The number of hydrogen-bond donors (Lipinski definition) is 2. The van der Waals surface area contributed by atoms with Gasteiger partial charge in [-0.3, -0.25) is 0 Å². The van der Waals surface area contributed by atoms with Crippen molar-refractivity contribution in [3.8, 4) is 0 Å². The van der Waals surface area contributed by atoms with E-state index in [9.17, 15) is 8.42 Å². The Morgan fingerprint density at radius 3 is 2.67 bits per heavy atom. The molecule has 2 unspecified atom stereocenters. The molecule has 2 rings (SSSR count). The average Bonchev–Trinajstić information content (AvgIpc) is 3.13. The maximum Gasteiger partial charge on any atom is 0.215 e. The number of rotatable bonds is 9. The molecule has 4 nitrogen and oxygen atoms in total. The summed E-state index contributed by atoms with van der Waals surface area (Å²) in [7, 11) is -3.23. The average molecular weight is 310 g/mol. The maximum atomic E-state index is 12.1. The van der Waals surface area contributed by atoms with Gasteiger partial charge in [0.1, 0.15) is 0 Å². The first-order chi connectivity index (χ1) is 10.00. The summed E-state index contributed by atoms with van der Waals surface area (Å²) in [5, 5.41) is 3.33. The second-order valence-corrected chi connectivity index (χ2v) is 7.88. The lowest BCUT2D eigenvalue weighted by molar-refractivity contribution is 0.573. The van der Waals surface area contributed by atoms with Crippen molar-refractivity contribution < 1.29 is 8.42 Å². The van der Waals surface area contributed by atoms with E-state index >= 15 is 0 Å². The van der Waals surface area contributed by atoms with Gasteiger partial charge in [0.15, 0.2) is 0 Å². The van der Waals surface area contributed by atoms with Crippen LogP contribution in [0.25, 0.3) is 0 Å². The van der Waals surface area contributed by atoms with Crippen LogP contribution in [0.2, 0.25) is 0 Å². The third kappa shape index (κ3) is 5.77. The molecule has 0 aromatic heterocycles. The molecule has 1 aromatic carbocycles. The molecule has 5 heteroatoms. The van der Waals surface area contributed by atoms with E-state index in [1.165, 1.54) is 0 Å². The van der Waals surface area contributed by atoms with Crippen LogP contribution >= 0.6 is 0 Å². The van der Waals surface area contributed by atoms with Gasteiger partial charge in [-0.2, -0.15) is 0 Å². The molecule has 2 atom stereocenters. The van der Waals surface area contributed by atoms with Gasteiger partial charge in [0.2, 0.25) is 10.0 Å². The minimum absolute atomic E-state index is 0.0652. The van der Waals surface area contributed by atoms with Gasteiger partial charge in [-0.1, -0.05) is 38.1 Å². The summed E-state index contributed by atoms with van der Waals surface area (Å²) in [4.78, 5) is 0. The van der Waals surface area contributed by atoms with E-state index in [1.807, 2.05) is 24.3 Å². The number of benzene rings is 1. The summed E-state index contributed by atoms with van der Waals surface area (Å²) in [6, 6.07) is 7.80. The first-order valence-electron chi connectivity index (χ1n) is 7.76. The van der Waals surface area contributed by atoms with E-state index in [-0.39, 0.29) is 5.75 Å². The minimum atomic E-state index is -3.23. The molecule has 0 bridgehead atoms. The van der Waals surface area contributed by atoms with Crippen molar-refractivity contribution in [1.29, 1.82) is 0 Å². The molecule has 0 saturated heterocycles. The third-order valence-corrected chi connectivity index (χ3v) is 5.27. The molecule has 1 fully saturated rings. The topological polar surface area (TPSA) is 58.2 Å². The Morgan fingerprint density at radius 1 is 1.29 bits per heavy atom. The van der Waals surface area contributed by atoms with Gasteiger partial charge in [0.25, 0.3) is 0 Å².